The molecule has 2 unspecified atom stereocenters. The monoisotopic (exact) mass is 201 g/mol. The van der Waals surface area contributed by atoms with E-state index in [0.29, 0.717) is 12.6 Å². The Hall–Kier alpha value is -0.610. The van der Waals surface area contributed by atoms with Crippen LogP contribution in [0.15, 0.2) is 0 Å². The van der Waals surface area contributed by atoms with Gasteiger partial charge in [-0.25, -0.2) is 0 Å². The molecular formula is C10H19NO3. The molecule has 1 saturated heterocycles. The number of rotatable bonds is 3. The number of hydrogen-bond acceptors (Lipinski definition) is 4. The van der Waals surface area contributed by atoms with Crippen LogP contribution < -0.4 is 5.32 Å². The van der Waals surface area contributed by atoms with Gasteiger partial charge in [0.25, 0.3) is 0 Å². The summed E-state index contributed by atoms with van der Waals surface area (Å²) >= 11 is 0. The molecule has 4 nitrogen and oxygen atoms in total. The highest BCUT2D eigenvalue weighted by molar-refractivity contribution is 5.73. The number of carbonyl (C=O) groups excluding carboxylic acids is 1. The summed E-state index contributed by atoms with van der Waals surface area (Å²) in [7, 11) is 1.42. The van der Waals surface area contributed by atoms with E-state index in [-0.39, 0.29) is 17.9 Å². The molecule has 0 aliphatic carbocycles. The number of methoxy groups -OCH3 is 1. The van der Waals surface area contributed by atoms with Crippen LogP contribution in [0, 0.1) is 5.92 Å². The van der Waals surface area contributed by atoms with Crippen LogP contribution in [-0.2, 0) is 14.3 Å². The Morgan fingerprint density at radius 3 is 2.86 bits per heavy atom. The van der Waals surface area contributed by atoms with Gasteiger partial charge < -0.3 is 14.8 Å². The van der Waals surface area contributed by atoms with Gasteiger partial charge in [0, 0.05) is 18.7 Å². The van der Waals surface area contributed by atoms with Crippen molar-refractivity contribution in [2.75, 3.05) is 20.3 Å². The Morgan fingerprint density at radius 1 is 1.57 bits per heavy atom. The zero-order valence-electron chi connectivity index (χ0n) is 9.08. The second kappa shape index (κ2) is 5.32. The van der Waals surface area contributed by atoms with Crippen molar-refractivity contribution in [1.29, 1.82) is 0 Å². The van der Waals surface area contributed by atoms with Crippen LogP contribution in [0.25, 0.3) is 0 Å². The zero-order chi connectivity index (χ0) is 10.6. The lowest BCUT2D eigenvalue weighted by Gasteiger charge is -2.31. The molecule has 1 aliphatic rings. The van der Waals surface area contributed by atoms with E-state index in [9.17, 15) is 4.79 Å². The van der Waals surface area contributed by atoms with Crippen LogP contribution in [0.3, 0.4) is 0 Å². The minimum Gasteiger partial charge on any atom is -0.469 e. The highest BCUT2D eigenvalue weighted by Gasteiger charge is 2.32. The van der Waals surface area contributed by atoms with Crippen molar-refractivity contribution in [3.8, 4) is 0 Å². The van der Waals surface area contributed by atoms with Crippen molar-refractivity contribution in [2.24, 2.45) is 5.92 Å². The first-order valence-electron chi connectivity index (χ1n) is 5.06. The van der Waals surface area contributed by atoms with E-state index in [4.69, 9.17) is 9.47 Å². The van der Waals surface area contributed by atoms with Gasteiger partial charge in [0.05, 0.1) is 19.6 Å². The van der Waals surface area contributed by atoms with E-state index in [1.54, 1.807) is 0 Å². The molecule has 0 aromatic heterocycles. The smallest absolute Gasteiger partial charge is 0.312 e. The minimum atomic E-state index is -0.178. The maximum absolute atomic E-state index is 11.4. The molecule has 2 atom stereocenters. The summed E-state index contributed by atoms with van der Waals surface area (Å²) in [6.07, 6.45) is 0.873. The minimum absolute atomic E-state index is 0.156. The zero-order valence-corrected chi connectivity index (χ0v) is 9.08. The lowest BCUT2D eigenvalue weighted by molar-refractivity contribution is -0.151. The quantitative estimate of drug-likeness (QED) is 0.678. The van der Waals surface area contributed by atoms with Crippen LogP contribution in [-0.4, -0.2) is 38.4 Å². The molecule has 0 aromatic rings. The number of esters is 1. The topological polar surface area (TPSA) is 47.6 Å². The van der Waals surface area contributed by atoms with E-state index in [1.807, 2.05) is 0 Å². The third-order valence-corrected chi connectivity index (χ3v) is 2.41. The number of ether oxygens (including phenoxy) is 2. The molecule has 82 valence electrons. The molecular weight excluding hydrogens is 182 g/mol. The summed E-state index contributed by atoms with van der Waals surface area (Å²) in [5.74, 6) is -0.334. The fraction of sp³-hybridized carbons (Fsp3) is 0.900. The molecule has 0 spiro atoms. The molecule has 0 radical (unpaired) electrons. The van der Waals surface area contributed by atoms with Crippen LogP contribution in [0.2, 0.25) is 0 Å². The van der Waals surface area contributed by atoms with Crippen molar-refractivity contribution in [1.82, 2.24) is 5.32 Å². The fourth-order valence-corrected chi connectivity index (χ4v) is 1.75. The van der Waals surface area contributed by atoms with Crippen LogP contribution in [0.4, 0.5) is 0 Å². The van der Waals surface area contributed by atoms with Gasteiger partial charge in [0.15, 0.2) is 0 Å². The second-order valence-corrected chi connectivity index (χ2v) is 3.92. The third-order valence-electron chi connectivity index (χ3n) is 2.41. The van der Waals surface area contributed by atoms with Gasteiger partial charge in [-0.3, -0.25) is 4.79 Å². The molecule has 1 N–H and O–H groups in total. The molecule has 14 heavy (non-hydrogen) atoms. The van der Waals surface area contributed by atoms with E-state index in [0.717, 1.165) is 13.0 Å². The van der Waals surface area contributed by atoms with Crippen LogP contribution in [0.1, 0.15) is 20.3 Å². The average Bonchev–Trinajstić information content (AvgIpc) is 2.16. The Balaban J connectivity index is 2.54. The SMILES string of the molecule is COC(=O)C1COCCC1NC(C)C. The molecule has 1 aliphatic heterocycles. The molecule has 1 rings (SSSR count). The summed E-state index contributed by atoms with van der Waals surface area (Å²) < 4.78 is 10.0. The van der Waals surface area contributed by atoms with Crippen molar-refractivity contribution in [3.05, 3.63) is 0 Å². The Labute approximate surface area is 85.0 Å². The molecule has 0 amide bonds. The van der Waals surface area contributed by atoms with Crippen LogP contribution >= 0.6 is 0 Å². The lowest BCUT2D eigenvalue weighted by atomic mass is 9.95. The highest BCUT2D eigenvalue weighted by Crippen LogP contribution is 2.16. The first kappa shape index (κ1) is 11.5. The summed E-state index contributed by atoms with van der Waals surface area (Å²) in [6.45, 7) is 5.34. The van der Waals surface area contributed by atoms with Crippen LogP contribution in [0.5, 0.6) is 0 Å². The van der Waals surface area contributed by atoms with Crippen molar-refractivity contribution < 1.29 is 14.3 Å². The summed E-state index contributed by atoms with van der Waals surface area (Å²) in [5.41, 5.74) is 0. The standard InChI is InChI=1S/C10H19NO3/c1-7(2)11-9-4-5-14-6-8(9)10(12)13-3/h7-9,11H,4-6H2,1-3H3. The first-order valence-corrected chi connectivity index (χ1v) is 5.06. The Bertz CT molecular complexity index is 194. The average molecular weight is 201 g/mol. The van der Waals surface area contributed by atoms with E-state index in [1.165, 1.54) is 7.11 Å². The molecule has 1 fully saturated rings. The largest absolute Gasteiger partial charge is 0.469 e. The van der Waals surface area contributed by atoms with Gasteiger partial charge in [-0.2, -0.15) is 0 Å². The second-order valence-electron chi connectivity index (χ2n) is 3.92. The van der Waals surface area contributed by atoms with Crippen molar-refractivity contribution in [2.45, 2.75) is 32.4 Å². The van der Waals surface area contributed by atoms with E-state index in [2.05, 4.69) is 19.2 Å². The highest BCUT2D eigenvalue weighted by atomic mass is 16.5. The normalized spacial score (nSPS) is 27.7. The van der Waals surface area contributed by atoms with Gasteiger partial charge >= 0.3 is 5.97 Å². The van der Waals surface area contributed by atoms with Gasteiger partial charge in [0.1, 0.15) is 0 Å². The predicted octanol–water partition coefficient (Wildman–Crippen LogP) is 0.562. The molecule has 0 bridgehead atoms. The van der Waals surface area contributed by atoms with Gasteiger partial charge in [-0.05, 0) is 6.42 Å². The fourth-order valence-electron chi connectivity index (χ4n) is 1.75. The maximum Gasteiger partial charge on any atom is 0.312 e. The Morgan fingerprint density at radius 2 is 2.29 bits per heavy atom. The summed E-state index contributed by atoms with van der Waals surface area (Å²) in [6, 6.07) is 0.571. The maximum atomic E-state index is 11.4. The summed E-state index contributed by atoms with van der Waals surface area (Å²) in [5, 5.41) is 3.37. The van der Waals surface area contributed by atoms with Gasteiger partial charge in [0.2, 0.25) is 0 Å². The number of nitrogens with one attached hydrogen (secondary N) is 1. The van der Waals surface area contributed by atoms with E-state index >= 15 is 0 Å². The first-order chi connectivity index (χ1) is 6.65. The number of hydrogen-bond donors (Lipinski definition) is 1. The molecule has 4 heteroatoms. The van der Waals surface area contributed by atoms with Crippen molar-refractivity contribution >= 4 is 5.97 Å². The van der Waals surface area contributed by atoms with Gasteiger partial charge in [-0.15, -0.1) is 0 Å². The molecule has 0 saturated carbocycles. The third kappa shape index (κ3) is 2.96. The molecule has 0 aromatic carbocycles. The molecule has 1 heterocycles. The summed E-state index contributed by atoms with van der Waals surface area (Å²) in [4.78, 5) is 11.4. The predicted molar refractivity (Wildman–Crippen MR) is 53.0 cm³/mol. The van der Waals surface area contributed by atoms with Gasteiger partial charge in [-0.1, -0.05) is 13.8 Å². The lowest BCUT2D eigenvalue weighted by Crippen LogP contribution is -2.48. The number of carbonyl (C=O) groups is 1. The van der Waals surface area contributed by atoms with E-state index < -0.39 is 0 Å². The Kier molecular flexibility index (Phi) is 4.35. The van der Waals surface area contributed by atoms with Crippen molar-refractivity contribution in [3.63, 3.8) is 0 Å².